The number of nitrogens with zero attached hydrogens (tertiary/aromatic N) is 2. The molecule has 1 fully saturated rings. The van der Waals surface area contributed by atoms with Gasteiger partial charge < -0.3 is 15.5 Å². The number of benzene rings is 1. The van der Waals surface area contributed by atoms with Gasteiger partial charge in [0, 0.05) is 34.9 Å². The topological polar surface area (TPSA) is 49.6 Å². The largest absolute Gasteiger partial charge is 0.399 e. The lowest BCUT2D eigenvalue weighted by Crippen LogP contribution is -2.34. The van der Waals surface area contributed by atoms with Crippen LogP contribution in [-0.2, 0) is 0 Å². The number of halogens is 1. The van der Waals surface area contributed by atoms with Crippen LogP contribution in [0.25, 0.3) is 0 Å². The number of likely N-dealkylation sites (N-methyl/N-ethyl adjacent to an activating group) is 1. The molecule has 1 aromatic carbocycles. The van der Waals surface area contributed by atoms with Crippen LogP contribution >= 0.6 is 15.9 Å². The predicted octanol–water partition coefficient (Wildman–Crippen LogP) is 1.81. The van der Waals surface area contributed by atoms with Crippen molar-refractivity contribution in [2.24, 2.45) is 0 Å². The van der Waals surface area contributed by atoms with Gasteiger partial charge in [-0.25, -0.2) is 0 Å². The highest BCUT2D eigenvalue weighted by Gasteiger charge is 2.28. The van der Waals surface area contributed by atoms with Gasteiger partial charge in [0.25, 0.3) is 5.91 Å². The zero-order valence-corrected chi connectivity index (χ0v) is 12.3. The molecule has 98 valence electrons. The normalized spacial score (nSPS) is 19.6. The number of likely N-dealkylation sites (tertiary alicyclic amines) is 1. The van der Waals surface area contributed by atoms with Crippen LogP contribution in [0.2, 0.25) is 0 Å². The lowest BCUT2D eigenvalue weighted by Gasteiger charge is -2.20. The number of hydrogen-bond donors (Lipinski definition) is 1. The maximum Gasteiger partial charge on any atom is 0.254 e. The lowest BCUT2D eigenvalue weighted by atomic mass is 10.2. The maximum absolute atomic E-state index is 12.4. The third-order valence-electron chi connectivity index (χ3n) is 3.35. The van der Waals surface area contributed by atoms with Crippen molar-refractivity contribution in [3.63, 3.8) is 0 Å². The van der Waals surface area contributed by atoms with E-state index in [1.54, 1.807) is 12.1 Å². The van der Waals surface area contributed by atoms with Gasteiger partial charge in [0.2, 0.25) is 0 Å². The molecule has 1 heterocycles. The van der Waals surface area contributed by atoms with Crippen LogP contribution in [-0.4, -0.2) is 48.9 Å². The second-order valence-electron chi connectivity index (χ2n) is 4.93. The van der Waals surface area contributed by atoms with Gasteiger partial charge in [0.05, 0.1) is 0 Å². The number of amides is 1. The van der Waals surface area contributed by atoms with Crippen molar-refractivity contribution in [1.29, 1.82) is 0 Å². The van der Waals surface area contributed by atoms with Crippen molar-refractivity contribution in [3.8, 4) is 0 Å². The summed E-state index contributed by atoms with van der Waals surface area (Å²) in [6.07, 6.45) is 1.03. The van der Waals surface area contributed by atoms with Gasteiger partial charge in [0.1, 0.15) is 0 Å². The fourth-order valence-corrected chi connectivity index (χ4v) is 2.78. The Morgan fingerprint density at radius 1 is 1.44 bits per heavy atom. The van der Waals surface area contributed by atoms with Gasteiger partial charge in [-0.3, -0.25) is 4.79 Å². The van der Waals surface area contributed by atoms with E-state index in [4.69, 9.17) is 5.73 Å². The Hall–Kier alpha value is -1.07. The second-order valence-corrected chi connectivity index (χ2v) is 5.85. The van der Waals surface area contributed by atoms with Crippen LogP contribution in [0.1, 0.15) is 16.8 Å². The number of carbonyl (C=O) groups excluding carboxylic acids is 1. The fourth-order valence-electron chi connectivity index (χ4n) is 2.27. The zero-order chi connectivity index (χ0) is 13.3. The highest BCUT2D eigenvalue weighted by Crippen LogP contribution is 2.21. The van der Waals surface area contributed by atoms with Crippen molar-refractivity contribution < 1.29 is 4.79 Å². The van der Waals surface area contributed by atoms with E-state index in [2.05, 4.69) is 34.9 Å². The summed E-state index contributed by atoms with van der Waals surface area (Å²) in [5.41, 5.74) is 7.02. The number of rotatable bonds is 2. The molecule has 1 aliphatic rings. The Labute approximate surface area is 116 Å². The molecule has 0 bridgehead atoms. The molecule has 1 aliphatic heterocycles. The third kappa shape index (κ3) is 2.84. The quantitative estimate of drug-likeness (QED) is 0.847. The molecule has 0 aliphatic carbocycles. The second kappa shape index (κ2) is 5.28. The highest BCUT2D eigenvalue weighted by molar-refractivity contribution is 9.10. The summed E-state index contributed by atoms with van der Waals surface area (Å²) in [5.74, 6) is 0.0624. The Bertz CT molecular complexity index is 441. The molecular formula is C13H18BrN3O. The van der Waals surface area contributed by atoms with Crippen molar-refractivity contribution in [2.75, 3.05) is 32.9 Å². The van der Waals surface area contributed by atoms with Gasteiger partial charge >= 0.3 is 0 Å². The smallest absolute Gasteiger partial charge is 0.254 e. The minimum absolute atomic E-state index is 0.0624. The van der Waals surface area contributed by atoms with Crippen LogP contribution in [0.3, 0.4) is 0 Å². The number of anilines is 1. The predicted molar refractivity (Wildman–Crippen MR) is 76.5 cm³/mol. The van der Waals surface area contributed by atoms with E-state index in [0.717, 1.165) is 24.0 Å². The molecule has 1 unspecified atom stereocenters. The van der Waals surface area contributed by atoms with Gasteiger partial charge in [-0.2, -0.15) is 0 Å². The molecule has 0 spiro atoms. The molecule has 2 rings (SSSR count). The number of carbonyl (C=O) groups is 1. The van der Waals surface area contributed by atoms with Gasteiger partial charge in [-0.15, -0.1) is 0 Å². The van der Waals surface area contributed by atoms with Gasteiger partial charge in [0.15, 0.2) is 0 Å². The van der Waals surface area contributed by atoms with E-state index in [0.29, 0.717) is 17.3 Å². The van der Waals surface area contributed by atoms with E-state index in [9.17, 15) is 4.79 Å². The standard InChI is InChI=1S/C13H18BrN3O/c1-16(2)12-3-4-17(8-12)13(18)9-5-10(14)7-11(15)6-9/h5-7,12H,3-4,8,15H2,1-2H3. The van der Waals surface area contributed by atoms with Crippen LogP contribution in [0, 0.1) is 0 Å². The highest BCUT2D eigenvalue weighted by atomic mass is 79.9. The zero-order valence-electron chi connectivity index (χ0n) is 10.7. The molecule has 1 aromatic rings. The monoisotopic (exact) mass is 311 g/mol. The molecule has 18 heavy (non-hydrogen) atoms. The molecule has 0 aromatic heterocycles. The summed E-state index contributed by atoms with van der Waals surface area (Å²) in [4.78, 5) is 16.4. The first-order valence-electron chi connectivity index (χ1n) is 5.99. The minimum Gasteiger partial charge on any atom is -0.399 e. The van der Waals surface area contributed by atoms with E-state index in [1.807, 2.05) is 11.0 Å². The Balaban J connectivity index is 2.12. The van der Waals surface area contributed by atoms with Gasteiger partial charge in [-0.05, 0) is 38.7 Å². The van der Waals surface area contributed by atoms with Crippen molar-refractivity contribution in [2.45, 2.75) is 12.5 Å². The van der Waals surface area contributed by atoms with Crippen LogP contribution < -0.4 is 5.73 Å². The molecule has 4 nitrogen and oxygen atoms in total. The molecule has 2 N–H and O–H groups in total. The van der Waals surface area contributed by atoms with E-state index in [1.165, 1.54) is 0 Å². The minimum atomic E-state index is 0.0624. The Morgan fingerprint density at radius 3 is 2.72 bits per heavy atom. The summed E-state index contributed by atoms with van der Waals surface area (Å²) in [5, 5.41) is 0. The first-order valence-corrected chi connectivity index (χ1v) is 6.78. The fraction of sp³-hybridized carbons (Fsp3) is 0.462. The molecule has 0 saturated carbocycles. The molecule has 1 amide bonds. The van der Waals surface area contributed by atoms with E-state index >= 15 is 0 Å². The third-order valence-corrected chi connectivity index (χ3v) is 3.81. The van der Waals surface area contributed by atoms with Gasteiger partial charge in [-0.1, -0.05) is 15.9 Å². The van der Waals surface area contributed by atoms with Crippen LogP contribution in [0.5, 0.6) is 0 Å². The van der Waals surface area contributed by atoms with E-state index in [-0.39, 0.29) is 5.91 Å². The number of nitrogen functional groups attached to an aromatic ring is 1. The molecule has 1 atom stereocenters. The molecule has 0 radical (unpaired) electrons. The average molecular weight is 312 g/mol. The summed E-state index contributed by atoms with van der Waals surface area (Å²) in [6, 6.07) is 5.81. The Kier molecular flexibility index (Phi) is 3.92. The first-order chi connectivity index (χ1) is 8.47. The van der Waals surface area contributed by atoms with Crippen LogP contribution in [0.4, 0.5) is 5.69 Å². The summed E-state index contributed by atoms with van der Waals surface area (Å²) in [6.45, 7) is 1.60. The summed E-state index contributed by atoms with van der Waals surface area (Å²) < 4.78 is 0.842. The van der Waals surface area contributed by atoms with Crippen molar-refractivity contribution in [1.82, 2.24) is 9.80 Å². The van der Waals surface area contributed by atoms with Crippen molar-refractivity contribution >= 4 is 27.5 Å². The first kappa shape index (κ1) is 13.4. The number of nitrogens with two attached hydrogens (primary N) is 1. The number of hydrogen-bond acceptors (Lipinski definition) is 3. The molecule has 1 saturated heterocycles. The molecular weight excluding hydrogens is 294 g/mol. The molecule has 5 heteroatoms. The lowest BCUT2D eigenvalue weighted by molar-refractivity contribution is 0.0783. The average Bonchev–Trinajstić information content (AvgIpc) is 2.75. The van der Waals surface area contributed by atoms with Crippen LogP contribution in [0.15, 0.2) is 22.7 Å². The maximum atomic E-state index is 12.4. The summed E-state index contributed by atoms with van der Waals surface area (Å²) in [7, 11) is 4.10. The van der Waals surface area contributed by atoms with E-state index < -0.39 is 0 Å². The SMILES string of the molecule is CN(C)C1CCN(C(=O)c2cc(N)cc(Br)c2)C1. The summed E-state index contributed by atoms with van der Waals surface area (Å²) >= 11 is 3.37. The van der Waals surface area contributed by atoms with Crippen molar-refractivity contribution in [3.05, 3.63) is 28.2 Å². The Morgan fingerprint density at radius 2 is 2.17 bits per heavy atom.